The minimum atomic E-state index is -0.509. The highest BCUT2D eigenvalue weighted by Gasteiger charge is 2.33. The SMILES string of the molecule is Cc1noc(C)c1CC(=O)N1CCc2cc3ccc2C1c1cccc(c1)OCCCNC(=O)Cc1ccc(F)c(c1)O3. The Morgan fingerprint density at radius 1 is 1.10 bits per heavy atom. The molecular formula is C33H32FN3O5. The Kier molecular flexibility index (Phi) is 7.65. The van der Waals surface area contributed by atoms with Gasteiger partial charge >= 0.3 is 0 Å². The molecule has 0 saturated carbocycles. The van der Waals surface area contributed by atoms with Crippen LogP contribution in [-0.2, 0) is 28.9 Å². The van der Waals surface area contributed by atoms with Crippen LogP contribution in [0.3, 0.4) is 0 Å². The smallest absolute Gasteiger partial charge is 0.227 e. The maximum atomic E-state index is 14.7. The van der Waals surface area contributed by atoms with E-state index in [0.717, 1.165) is 22.3 Å². The first kappa shape index (κ1) is 27.5. The van der Waals surface area contributed by atoms with Crippen molar-refractivity contribution in [3.63, 3.8) is 0 Å². The van der Waals surface area contributed by atoms with Crippen molar-refractivity contribution >= 4 is 11.8 Å². The number of hydrogen-bond acceptors (Lipinski definition) is 6. The highest BCUT2D eigenvalue weighted by molar-refractivity contribution is 5.81. The highest BCUT2D eigenvalue weighted by atomic mass is 19.1. The Hall–Kier alpha value is -4.66. The normalized spacial score (nSPS) is 16.9. The summed E-state index contributed by atoms with van der Waals surface area (Å²) in [6.07, 6.45) is 1.52. The second-order valence-electron chi connectivity index (χ2n) is 10.7. The number of nitrogens with zero attached hydrogens (tertiary/aromatic N) is 2. The van der Waals surface area contributed by atoms with Gasteiger partial charge in [-0.05, 0) is 85.3 Å². The molecule has 0 saturated heterocycles. The lowest BCUT2D eigenvalue weighted by atomic mass is 9.87. The van der Waals surface area contributed by atoms with Gasteiger partial charge in [0.2, 0.25) is 11.8 Å². The molecule has 3 aromatic carbocycles. The summed E-state index contributed by atoms with van der Waals surface area (Å²) >= 11 is 0. The maximum absolute atomic E-state index is 14.7. The zero-order valence-corrected chi connectivity index (χ0v) is 23.6. The number of halogens is 1. The lowest BCUT2D eigenvalue weighted by Crippen LogP contribution is -2.41. The van der Waals surface area contributed by atoms with E-state index < -0.39 is 5.82 Å². The van der Waals surface area contributed by atoms with Gasteiger partial charge < -0.3 is 24.2 Å². The molecule has 8 nitrogen and oxygen atoms in total. The molecule has 1 atom stereocenters. The van der Waals surface area contributed by atoms with Gasteiger partial charge in [0.05, 0.1) is 31.2 Å². The number of amides is 2. The van der Waals surface area contributed by atoms with Gasteiger partial charge in [-0.25, -0.2) is 4.39 Å². The summed E-state index contributed by atoms with van der Waals surface area (Å²) in [5.41, 5.74) is 5.07. The van der Waals surface area contributed by atoms with E-state index in [4.69, 9.17) is 14.0 Å². The molecule has 2 amide bonds. The monoisotopic (exact) mass is 569 g/mol. The summed E-state index contributed by atoms with van der Waals surface area (Å²) in [4.78, 5) is 28.2. The van der Waals surface area contributed by atoms with Crippen LogP contribution in [-0.4, -0.2) is 41.6 Å². The fourth-order valence-electron chi connectivity index (χ4n) is 5.68. The zero-order chi connectivity index (χ0) is 29.2. The second kappa shape index (κ2) is 11.7. The van der Waals surface area contributed by atoms with Crippen molar-refractivity contribution in [3.05, 3.63) is 106 Å². The predicted molar refractivity (Wildman–Crippen MR) is 153 cm³/mol. The number of nitrogens with one attached hydrogen (secondary N) is 1. The molecule has 0 fully saturated rings. The molecule has 3 aliphatic heterocycles. The van der Waals surface area contributed by atoms with Crippen molar-refractivity contribution in [2.24, 2.45) is 0 Å². The van der Waals surface area contributed by atoms with E-state index in [9.17, 15) is 14.0 Å². The van der Waals surface area contributed by atoms with Crippen LogP contribution in [0.5, 0.6) is 17.2 Å². The molecule has 1 aromatic heterocycles. The zero-order valence-electron chi connectivity index (χ0n) is 23.6. The summed E-state index contributed by atoms with van der Waals surface area (Å²) < 4.78 is 32.1. The van der Waals surface area contributed by atoms with Crippen molar-refractivity contribution in [1.82, 2.24) is 15.4 Å². The first-order valence-electron chi connectivity index (χ1n) is 14.2. The van der Waals surface area contributed by atoms with Gasteiger partial charge in [-0.3, -0.25) is 9.59 Å². The Labute approximate surface area is 243 Å². The van der Waals surface area contributed by atoms with Gasteiger partial charge in [0, 0.05) is 18.7 Å². The van der Waals surface area contributed by atoms with Crippen molar-refractivity contribution in [2.45, 2.75) is 45.6 Å². The average Bonchev–Trinajstić information content (AvgIpc) is 3.29. The highest BCUT2D eigenvalue weighted by Crippen LogP contribution is 2.39. The van der Waals surface area contributed by atoms with Gasteiger partial charge in [-0.1, -0.05) is 29.4 Å². The van der Waals surface area contributed by atoms with Gasteiger partial charge in [0.1, 0.15) is 17.3 Å². The van der Waals surface area contributed by atoms with Gasteiger partial charge in [-0.2, -0.15) is 0 Å². The molecule has 0 spiro atoms. The second-order valence-corrected chi connectivity index (χ2v) is 10.7. The number of aromatic nitrogens is 1. The van der Waals surface area contributed by atoms with Crippen molar-refractivity contribution in [1.29, 1.82) is 0 Å². The summed E-state index contributed by atoms with van der Waals surface area (Å²) in [5, 5.41) is 6.91. The van der Waals surface area contributed by atoms with Crippen molar-refractivity contribution in [3.8, 4) is 17.2 Å². The number of carbonyl (C=O) groups is 2. The Morgan fingerprint density at radius 3 is 2.81 bits per heavy atom. The van der Waals surface area contributed by atoms with Crippen molar-refractivity contribution < 1.29 is 28.0 Å². The number of hydrogen-bond donors (Lipinski definition) is 1. The third-order valence-corrected chi connectivity index (χ3v) is 7.85. The summed E-state index contributed by atoms with van der Waals surface area (Å²) in [6, 6.07) is 17.5. The lowest BCUT2D eigenvalue weighted by molar-refractivity contribution is -0.132. The fraction of sp³-hybridized carbons (Fsp3) is 0.303. The Balaban J connectivity index is 1.39. The van der Waals surface area contributed by atoms with Gasteiger partial charge in [0.15, 0.2) is 11.6 Å². The van der Waals surface area contributed by atoms with Crippen molar-refractivity contribution in [2.75, 3.05) is 19.7 Å². The minimum Gasteiger partial charge on any atom is -0.494 e. The molecule has 8 bridgehead atoms. The van der Waals surface area contributed by atoms with E-state index in [1.54, 1.807) is 18.2 Å². The predicted octanol–water partition coefficient (Wildman–Crippen LogP) is 5.38. The maximum Gasteiger partial charge on any atom is 0.227 e. The first-order valence-corrected chi connectivity index (χ1v) is 14.2. The third kappa shape index (κ3) is 5.72. The van der Waals surface area contributed by atoms with E-state index in [-0.39, 0.29) is 36.4 Å². The van der Waals surface area contributed by atoms with E-state index in [1.807, 2.05) is 55.1 Å². The number of ether oxygens (including phenoxy) is 2. The molecule has 9 heteroatoms. The van der Waals surface area contributed by atoms with Crippen LogP contribution in [0, 0.1) is 19.7 Å². The summed E-state index contributed by atoms with van der Waals surface area (Å²) in [6.45, 7) is 5.01. The van der Waals surface area contributed by atoms with E-state index >= 15 is 0 Å². The molecule has 4 aromatic rings. The fourth-order valence-corrected chi connectivity index (χ4v) is 5.68. The molecule has 1 N–H and O–H groups in total. The molecule has 0 radical (unpaired) electrons. The molecule has 4 heterocycles. The largest absolute Gasteiger partial charge is 0.494 e. The minimum absolute atomic E-state index is 0.0280. The Morgan fingerprint density at radius 2 is 1.98 bits per heavy atom. The standard InChI is InChI=1S/C33H32FN3O5/c1-20-28(21(2)42-36-20)19-32(39)37-13-11-23-17-26-8-9-27(23)33(37)24-5-3-6-25(18-24)40-14-4-12-35-31(38)16-22-7-10-29(34)30(15-22)41-26/h3,5-10,15,17-18,33H,4,11-14,16,19H2,1-2H3,(H,35,38). The summed E-state index contributed by atoms with van der Waals surface area (Å²) in [5.74, 6) is 1.18. The molecule has 3 aliphatic rings. The molecule has 216 valence electrons. The number of aryl methyl sites for hydroxylation is 2. The van der Waals surface area contributed by atoms with Gasteiger partial charge in [-0.15, -0.1) is 0 Å². The quantitative estimate of drug-likeness (QED) is 0.348. The van der Waals surface area contributed by atoms with Crippen LogP contribution in [0.15, 0.2) is 65.2 Å². The Bertz CT molecular complexity index is 1630. The molecule has 1 unspecified atom stereocenters. The average molecular weight is 570 g/mol. The van der Waals surface area contributed by atoms with Gasteiger partial charge in [0.25, 0.3) is 0 Å². The van der Waals surface area contributed by atoms with Crippen LogP contribution >= 0.6 is 0 Å². The van der Waals surface area contributed by atoms with Crippen LogP contribution in [0.1, 0.15) is 51.7 Å². The topological polar surface area (TPSA) is 93.9 Å². The van der Waals surface area contributed by atoms with Crippen LogP contribution in [0.4, 0.5) is 4.39 Å². The third-order valence-electron chi connectivity index (χ3n) is 7.85. The van der Waals surface area contributed by atoms with Crippen LogP contribution < -0.4 is 14.8 Å². The van der Waals surface area contributed by atoms with Crippen LogP contribution in [0.25, 0.3) is 0 Å². The number of carbonyl (C=O) groups excluding carboxylic acids is 2. The van der Waals surface area contributed by atoms with E-state index in [0.29, 0.717) is 61.1 Å². The molecule has 7 rings (SSSR count). The van der Waals surface area contributed by atoms with Crippen LogP contribution in [0.2, 0.25) is 0 Å². The van der Waals surface area contributed by atoms with E-state index in [1.165, 1.54) is 6.07 Å². The summed E-state index contributed by atoms with van der Waals surface area (Å²) in [7, 11) is 0. The first-order chi connectivity index (χ1) is 20.4. The number of rotatable bonds is 2. The molecule has 0 aliphatic carbocycles. The molecule has 42 heavy (non-hydrogen) atoms. The lowest BCUT2D eigenvalue weighted by Gasteiger charge is -2.38. The van der Waals surface area contributed by atoms with E-state index in [2.05, 4.69) is 10.5 Å². The number of benzene rings is 3. The number of fused-ring (bicyclic) bond motifs is 7. The molecular weight excluding hydrogens is 537 g/mol.